The van der Waals surface area contributed by atoms with Gasteiger partial charge in [-0.2, -0.15) is 0 Å². The molecule has 2 nitrogen and oxygen atoms in total. The molecule has 1 aromatic carbocycles. The minimum atomic E-state index is -0.00193. The van der Waals surface area contributed by atoms with E-state index in [-0.39, 0.29) is 5.43 Å². The topological polar surface area (TPSA) is 30.2 Å². The fourth-order valence-electron chi connectivity index (χ4n) is 1.20. The van der Waals surface area contributed by atoms with Crippen LogP contribution in [0.3, 0.4) is 0 Å². The van der Waals surface area contributed by atoms with Gasteiger partial charge in [-0.3, -0.25) is 4.79 Å². The molecular formula is C10H7ClO2. The lowest BCUT2D eigenvalue weighted by Gasteiger charge is -1.97. The highest BCUT2D eigenvalue weighted by Crippen LogP contribution is 2.16. The molecule has 0 amide bonds. The lowest BCUT2D eigenvalue weighted by Crippen LogP contribution is -2.03. The second-order valence-electron chi connectivity index (χ2n) is 2.89. The lowest BCUT2D eigenvalue weighted by atomic mass is 10.2. The molecule has 0 N–H and O–H groups in total. The monoisotopic (exact) mass is 194 g/mol. The highest BCUT2D eigenvalue weighted by molar-refractivity contribution is 6.31. The Bertz CT molecular complexity index is 514. The summed E-state index contributed by atoms with van der Waals surface area (Å²) in [5.74, 6) is 0. The Labute approximate surface area is 79.7 Å². The van der Waals surface area contributed by atoms with Crippen molar-refractivity contribution in [1.82, 2.24) is 0 Å². The Morgan fingerprint density at radius 1 is 1.38 bits per heavy atom. The van der Waals surface area contributed by atoms with Crippen LogP contribution >= 0.6 is 11.6 Å². The summed E-state index contributed by atoms with van der Waals surface area (Å²) in [5.41, 5.74) is 1.14. The summed E-state index contributed by atoms with van der Waals surface area (Å²) in [6.07, 6.45) is 1.45. The van der Waals surface area contributed by atoms with Gasteiger partial charge >= 0.3 is 0 Å². The zero-order chi connectivity index (χ0) is 9.42. The van der Waals surface area contributed by atoms with Crippen LogP contribution in [-0.4, -0.2) is 0 Å². The smallest absolute Gasteiger partial charge is 0.195 e. The third kappa shape index (κ3) is 1.33. The molecule has 1 aromatic heterocycles. The van der Waals surface area contributed by atoms with Crippen molar-refractivity contribution in [3.63, 3.8) is 0 Å². The van der Waals surface area contributed by atoms with E-state index in [2.05, 4.69) is 0 Å². The van der Waals surface area contributed by atoms with Crippen molar-refractivity contribution in [3.05, 3.63) is 45.3 Å². The molecule has 0 spiro atoms. The molecular weight excluding hydrogens is 188 g/mol. The zero-order valence-electron chi connectivity index (χ0n) is 7.00. The molecule has 3 heteroatoms. The van der Waals surface area contributed by atoms with Gasteiger partial charge in [0.2, 0.25) is 0 Å². The van der Waals surface area contributed by atoms with Gasteiger partial charge in [-0.05, 0) is 19.1 Å². The van der Waals surface area contributed by atoms with E-state index < -0.39 is 0 Å². The zero-order valence-corrected chi connectivity index (χ0v) is 7.76. The fourth-order valence-corrected chi connectivity index (χ4v) is 1.36. The van der Waals surface area contributed by atoms with Crippen molar-refractivity contribution < 1.29 is 4.42 Å². The number of fused-ring (bicyclic) bond motifs is 1. The van der Waals surface area contributed by atoms with Gasteiger partial charge in [0.15, 0.2) is 5.43 Å². The molecule has 0 aliphatic heterocycles. The molecule has 0 saturated carbocycles. The van der Waals surface area contributed by atoms with Crippen molar-refractivity contribution in [1.29, 1.82) is 0 Å². The minimum absolute atomic E-state index is 0.00193. The van der Waals surface area contributed by atoms with Gasteiger partial charge in [0.1, 0.15) is 5.58 Å². The van der Waals surface area contributed by atoms with E-state index in [4.69, 9.17) is 16.0 Å². The molecule has 0 aliphatic carbocycles. The quantitative estimate of drug-likeness (QED) is 0.646. The Hall–Kier alpha value is -1.28. The van der Waals surface area contributed by atoms with E-state index in [1.54, 1.807) is 25.1 Å². The predicted molar refractivity (Wildman–Crippen MR) is 52.2 cm³/mol. The molecule has 0 saturated heterocycles. The predicted octanol–water partition coefficient (Wildman–Crippen LogP) is 2.75. The molecule has 2 aromatic rings. The number of rotatable bonds is 0. The third-order valence-electron chi connectivity index (χ3n) is 1.91. The van der Waals surface area contributed by atoms with Gasteiger partial charge < -0.3 is 4.42 Å². The average molecular weight is 195 g/mol. The first-order chi connectivity index (χ1) is 6.18. The maximum atomic E-state index is 11.5. The Morgan fingerprint density at radius 2 is 2.15 bits per heavy atom. The average Bonchev–Trinajstić information content (AvgIpc) is 2.12. The van der Waals surface area contributed by atoms with Crippen LogP contribution in [0.15, 0.2) is 33.7 Å². The number of aryl methyl sites for hydroxylation is 1. The van der Waals surface area contributed by atoms with Gasteiger partial charge in [-0.1, -0.05) is 11.6 Å². The number of hydrogen-bond acceptors (Lipinski definition) is 2. The Balaban J connectivity index is 2.95. The second kappa shape index (κ2) is 2.89. The van der Waals surface area contributed by atoms with E-state index in [0.29, 0.717) is 21.6 Å². The van der Waals surface area contributed by atoms with Gasteiger partial charge in [0.25, 0.3) is 0 Å². The van der Waals surface area contributed by atoms with Crippen LogP contribution in [0.2, 0.25) is 5.02 Å². The lowest BCUT2D eigenvalue weighted by molar-refractivity contribution is 0.597. The van der Waals surface area contributed by atoms with E-state index in [0.717, 1.165) is 0 Å². The summed E-state index contributed by atoms with van der Waals surface area (Å²) >= 11 is 5.75. The molecule has 0 fully saturated rings. The summed E-state index contributed by atoms with van der Waals surface area (Å²) in [5, 5.41) is 1.14. The number of halogens is 1. The first kappa shape index (κ1) is 8.32. The first-order valence-electron chi connectivity index (χ1n) is 3.86. The maximum Gasteiger partial charge on any atom is 0.195 e. The molecule has 2 rings (SSSR count). The van der Waals surface area contributed by atoms with Crippen LogP contribution in [0, 0.1) is 6.92 Å². The minimum Gasteiger partial charge on any atom is -0.464 e. The maximum absolute atomic E-state index is 11.5. The first-order valence-corrected chi connectivity index (χ1v) is 4.24. The second-order valence-corrected chi connectivity index (χ2v) is 3.32. The van der Waals surface area contributed by atoms with Crippen molar-refractivity contribution in [3.8, 4) is 0 Å². The largest absolute Gasteiger partial charge is 0.464 e. The van der Waals surface area contributed by atoms with Crippen molar-refractivity contribution in [2.75, 3.05) is 0 Å². The van der Waals surface area contributed by atoms with Gasteiger partial charge in [-0.15, -0.1) is 0 Å². The molecule has 0 radical (unpaired) electrons. The molecule has 0 bridgehead atoms. The van der Waals surface area contributed by atoms with E-state index >= 15 is 0 Å². The van der Waals surface area contributed by atoms with Crippen LogP contribution < -0.4 is 5.43 Å². The standard InChI is InChI=1S/C10H7ClO2/c1-6-5-13-9-4-7(11)2-3-8(9)10(6)12/h2-5H,1H3. The van der Waals surface area contributed by atoms with Crippen LogP contribution in [0.4, 0.5) is 0 Å². The molecule has 66 valence electrons. The highest BCUT2D eigenvalue weighted by atomic mass is 35.5. The summed E-state index contributed by atoms with van der Waals surface area (Å²) in [7, 11) is 0. The van der Waals surface area contributed by atoms with Gasteiger partial charge in [0.05, 0.1) is 11.6 Å². The molecule has 0 aliphatic rings. The van der Waals surface area contributed by atoms with Crippen LogP contribution in [0.5, 0.6) is 0 Å². The molecule has 13 heavy (non-hydrogen) atoms. The number of benzene rings is 1. The molecule has 0 unspecified atom stereocenters. The van der Waals surface area contributed by atoms with Crippen LogP contribution in [-0.2, 0) is 0 Å². The molecule has 1 heterocycles. The van der Waals surface area contributed by atoms with Gasteiger partial charge in [-0.25, -0.2) is 0 Å². The number of hydrogen-bond donors (Lipinski definition) is 0. The van der Waals surface area contributed by atoms with E-state index in [1.165, 1.54) is 6.26 Å². The summed E-state index contributed by atoms with van der Waals surface area (Å²) in [6.45, 7) is 1.72. The van der Waals surface area contributed by atoms with Crippen LogP contribution in [0.25, 0.3) is 11.0 Å². The molecule has 0 atom stereocenters. The fraction of sp³-hybridized carbons (Fsp3) is 0.100. The summed E-state index contributed by atoms with van der Waals surface area (Å²) < 4.78 is 5.22. The van der Waals surface area contributed by atoms with Crippen molar-refractivity contribution >= 4 is 22.6 Å². The normalized spacial score (nSPS) is 10.6. The van der Waals surface area contributed by atoms with Crippen LogP contribution in [0.1, 0.15) is 5.56 Å². The summed E-state index contributed by atoms with van der Waals surface area (Å²) in [4.78, 5) is 11.5. The summed E-state index contributed by atoms with van der Waals surface area (Å²) in [6, 6.07) is 4.99. The third-order valence-corrected chi connectivity index (χ3v) is 2.14. The van der Waals surface area contributed by atoms with E-state index in [9.17, 15) is 4.79 Å². The Morgan fingerprint density at radius 3 is 2.92 bits per heavy atom. The van der Waals surface area contributed by atoms with Gasteiger partial charge in [0, 0.05) is 16.7 Å². The SMILES string of the molecule is Cc1coc2cc(Cl)ccc2c1=O. The van der Waals surface area contributed by atoms with E-state index in [1.807, 2.05) is 0 Å². The van der Waals surface area contributed by atoms with Crippen molar-refractivity contribution in [2.45, 2.75) is 6.92 Å². The highest BCUT2D eigenvalue weighted by Gasteiger charge is 2.02. The van der Waals surface area contributed by atoms with Crippen molar-refractivity contribution in [2.24, 2.45) is 0 Å². The Kier molecular flexibility index (Phi) is 1.85.